The molecule has 2 aromatic rings. The molecule has 0 aliphatic carbocycles. The molecule has 2 heterocycles. The number of pyridine rings is 1. The van der Waals surface area contributed by atoms with Gasteiger partial charge in [0, 0.05) is 23.0 Å². The van der Waals surface area contributed by atoms with Crippen LogP contribution in [0.3, 0.4) is 0 Å². The van der Waals surface area contributed by atoms with Gasteiger partial charge in [-0.05, 0) is 12.1 Å². The minimum atomic E-state index is 1.07. The van der Waals surface area contributed by atoms with Crippen LogP contribution in [0.4, 0.5) is 0 Å². The fourth-order valence-electron chi connectivity index (χ4n) is 0.743. The van der Waals surface area contributed by atoms with Crippen LogP contribution >= 0.6 is 11.3 Å². The maximum absolute atomic E-state index is 4.13. The van der Waals surface area contributed by atoms with Crippen LogP contribution in [-0.2, 0) is 0 Å². The van der Waals surface area contributed by atoms with E-state index in [2.05, 4.69) is 11.1 Å². The summed E-state index contributed by atoms with van der Waals surface area (Å²) in [5.74, 6) is 0. The zero-order valence-corrected chi connectivity index (χ0v) is 5.48. The maximum atomic E-state index is 4.13. The Bertz CT molecular complexity index is 283. The molecule has 0 saturated carbocycles. The highest BCUT2D eigenvalue weighted by Crippen LogP contribution is 2.15. The second-order valence-corrected chi connectivity index (χ2v) is 2.59. The van der Waals surface area contributed by atoms with Gasteiger partial charge in [-0.25, -0.2) is 4.98 Å². The second-order valence-electron chi connectivity index (χ2n) is 1.74. The van der Waals surface area contributed by atoms with E-state index in [0.717, 1.165) is 10.2 Å². The van der Waals surface area contributed by atoms with Gasteiger partial charge in [0.1, 0.15) is 4.83 Å². The topological polar surface area (TPSA) is 12.9 Å². The molecule has 0 saturated heterocycles. The first-order chi connectivity index (χ1) is 4.47. The number of thiophene rings is 1. The first-order valence-corrected chi connectivity index (χ1v) is 3.55. The van der Waals surface area contributed by atoms with E-state index in [-0.39, 0.29) is 0 Å². The summed E-state index contributed by atoms with van der Waals surface area (Å²) < 4.78 is 0. The first-order valence-electron chi connectivity index (χ1n) is 2.67. The van der Waals surface area contributed by atoms with Crippen LogP contribution in [0.25, 0.3) is 10.2 Å². The highest BCUT2D eigenvalue weighted by atomic mass is 32.1. The molecule has 1 radical (unpaired) electrons. The van der Waals surface area contributed by atoms with Gasteiger partial charge >= 0.3 is 0 Å². The molecular formula is C7H4NS. The average Bonchev–Trinajstić information content (AvgIpc) is 2.33. The number of hydrogen-bond acceptors (Lipinski definition) is 2. The highest BCUT2D eigenvalue weighted by molar-refractivity contribution is 7.16. The van der Waals surface area contributed by atoms with Crippen LogP contribution in [0.1, 0.15) is 0 Å². The van der Waals surface area contributed by atoms with Gasteiger partial charge < -0.3 is 0 Å². The van der Waals surface area contributed by atoms with Crippen LogP contribution < -0.4 is 0 Å². The van der Waals surface area contributed by atoms with Gasteiger partial charge in [-0.15, -0.1) is 11.3 Å². The van der Waals surface area contributed by atoms with Gasteiger partial charge in [0.05, 0.1) is 0 Å². The summed E-state index contributed by atoms with van der Waals surface area (Å²) >= 11 is 1.62. The number of rotatable bonds is 0. The Balaban J connectivity index is 2.95. The second kappa shape index (κ2) is 1.81. The lowest BCUT2D eigenvalue weighted by atomic mass is 10.4. The van der Waals surface area contributed by atoms with Gasteiger partial charge in [-0.3, -0.25) is 0 Å². The minimum Gasteiger partial charge on any atom is -0.245 e. The van der Waals surface area contributed by atoms with Crippen LogP contribution in [0.15, 0.2) is 23.7 Å². The fourth-order valence-corrected chi connectivity index (χ4v) is 1.42. The summed E-state index contributed by atoms with van der Waals surface area (Å²) in [6.45, 7) is 0. The Kier molecular flexibility index (Phi) is 0.993. The molecule has 2 aromatic heterocycles. The molecule has 0 spiro atoms. The van der Waals surface area contributed by atoms with Crippen molar-refractivity contribution < 1.29 is 0 Å². The molecule has 9 heavy (non-hydrogen) atoms. The molecule has 0 amide bonds. The van der Waals surface area contributed by atoms with Crippen LogP contribution in [0.2, 0.25) is 0 Å². The molecule has 1 nitrogen and oxygen atoms in total. The van der Waals surface area contributed by atoms with Gasteiger partial charge in [0.25, 0.3) is 0 Å². The Labute approximate surface area is 57.0 Å². The third-order valence-corrected chi connectivity index (χ3v) is 1.94. The van der Waals surface area contributed by atoms with Crippen molar-refractivity contribution in [1.82, 2.24) is 4.98 Å². The summed E-state index contributed by atoms with van der Waals surface area (Å²) in [5, 5.41) is 3.04. The summed E-state index contributed by atoms with van der Waals surface area (Å²) in [5.41, 5.74) is 0. The molecule has 0 aromatic carbocycles. The summed E-state index contributed by atoms with van der Waals surface area (Å²) in [6.07, 6.45) is 1.80. The molecule has 2 heteroatoms. The number of hydrogen-bond donors (Lipinski definition) is 0. The van der Waals surface area contributed by atoms with Gasteiger partial charge in [0.15, 0.2) is 0 Å². The minimum absolute atomic E-state index is 1.07. The Morgan fingerprint density at radius 1 is 1.56 bits per heavy atom. The molecule has 2 rings (SSSR count). The number of fused-ring (bicyclic) bond motifs is 1. The highest BCUT2D eigenvalue weighted by Gasteiger charge is 1.90. The quantitative estimate of drug-likeness (QED) is 0.537. The smallest absolute Gasteiger partial charge is 0.123 e. The first kappa shape index (κ1) is 4.94. The molecule has 0 fully saturated rings. The van der Waals surface area contributed by atoms with Crippen molar-refractivity contribution in [3.05, 3.63) is 29.8 Å². The van der Waals surface area contributed by atoms with Crippen molar-refractivity contribution in [3.8, 4) is 0 Å². The maximum Gasteiger partial charge on any atom is 0.123 e. The number of nitrogens with zero attached hydrogens (tertiary/aromatic N) is 1. The Morgan fingerprint density at radius 3 is 3.44 bits per heavy atom. The summed E-state index contributed by atoms with van der Waals surface area (Å²) in [4.78, 5) is 5.20. The lowest BCUT2D eigenvalue weighted by Gasteiger charge is -1.81. The van der Waals surface area contributed by atoms with Crippen molar-refractivity contribution in [1.29, 1.82) is 0 Å². The third-order valence-electron chi connectivity index (χ3n) is 1.16. The molecule has 0 aliphatic heterocycles. The molecular weight excluding hydrogens is 130 g/mol. The van der Waals surface area contributed by atoms with E-state index in [9.17, 15) is 0 Å². The molecule has 43 valence electrons. The lowest BCUT2D eigenvalue weighted by Crippen LogP contribution is -1.65. The van der Waals surface area contributed by atoms with E-state index in [1.165, 1.54) is 0 Å². The summed E-state index contributed by atoms with van der Waals surface area (Å²) in [6, 6.07) is 7.01. The van der Waals surface area contributed by atoms with Gasteiger partial charge in [-0.2, -0.15) is 0 Å². The molecule has 0 N–H and O–H groups in total. The fraction of sp³-hybridized carbons (Fsp3) is 0. The van der Waals surface area contributed by atoms with E-state index in [0.29, 0.717) is 0 Å². The largest absolute Gasteiger partial charge is 0.245 e. The van der Waals surface area contributed by atoms with Crippen molar-refractivity contribution >= 4 is 21.6 Å². The van der Waals surface area contributed by atoms with Crippen molar-refractivity contribution in [2.24, 2.45) is 0 Å². The molecule has 0 atom stereocenters. The van der Waals surface area contributed by atoms with Crippen molar-refractivity contribution in [2.45, 2.75) is 0 Å². The molecule has 0 bridgehead atoms. The zero-order valence-electron chi connectivity index (χ0n) is 4.66. The monoisotopic (exact) mass is 134 g/mol. The van der Waals surface area contributed by atoms with E-state index in [4.69, 9.17) is 0 Å². The van der Waals surface area contributed by atoms with Crippen LogP contribution in [-0.4, -0.2) is 4.98 Å². The lowest BCUT2D eigenvalue weighted by molar-refractivity contribution is 1.45. The average molecular weight is 134 g/mol. The van der Waals surface area contributed by atoms with Crippen molar-refractivity contribution in [2.75, 3.05) is 0 Å². The van der Waals surface area contributed by atoms with E-state index in [1.807, 2.05) is 17.5 Å². The SMILES string of the molecule is [c]1csc2ncccc12. The zero-order chi connectivity index (χ0) is 6.10. The van der Waals surface area contributed by atoms with Crippen molar-refractivity contribution in [3.63, 3.8) is 0 Å². The van der Waals surface area contributed by atoms with E-state index < -0.39 is 0 Å². The Hall–Kier alpha value is -0.890. The Morgan fingerprint density at radius 2 is 2.56 bits per heavy atom. The predicted molar refractivity (Wildman–Crippen MR) is 38.5 cm³/mol. The molecule has 0 unspecified atom stereocenters. The van der Waals surface area contributed by atoms with Gasteiger partial charge in [0.2, 0.25) is 0 Å². The number of aromatic nitrogens is 1. The normalized spacial score (nSPS) is 10.2. The van der Waals surface area contributed by atoms with E-state index in [1.54, 1.807) is 17.5 Å². The van der Waals surface area contributed by atoms with E-state index >= 15 is 0 Å². The van der Waals surface area contributed by atoms with Gasteiger partial charge in [-0.1, -0.05) is 0 Å². The van der Waals surface area contributed by atoms with Crippen LogP contribution in [0, 0.1) is 6.07 Å². The third kappa shape index (κ3) is 0.715. The van der Waals surface area contributed by atoms with Crippen LogP contribution in [0.5, 0.6) is 0 Å². The standard InChI is InChI=1S/C7H4NS/c1-2-6-3-5-9-7(6)8-4-1/h1-2,4-5H. The predicted octanol–water partition coefficient (Wildman–Crippen LogP) is 2.10. The summed E-state index contributed by atoms with van der Waals surface area (Å²) in [7, 11) is 0. The molecule has 0 aliphatic rings.